The van der Waals surface area contributed by atoms with Crippen molar-refractivity contribution in [1.82, 2.24) is 10.3 Å². The molecule has 4 nitrogen and oxygen atoms in total. The number of rotatable bonds is 5. The maximum atomic E-state index is 11.7. The van der Waals surface area contributed by atoms with E-state index in [1.165, 1.54) is 0 Å². The molecule has 0 spiro atoms. The van der Waals surface area contributed by atoms with Gasteiger partial charge in [-0.05, 0) is 24.6 Å². The largest absolute Gasteiger partial charge is 0.387 e. The summed E-state index contributed by atoms with van der Waals surface area (Å²) in [7, 11) is 0. The number of aliphatic hydroxyl groups is 1. The van der Waals surface area contributed by atoms with Gasteiger partial charge < -0.3 is 15.4 Å². The molecule has 2 rings (SSSR count). The Bertz CT molecular complexity index is 535. The summed E-state index contributed by atoms with van der Waals surface area (Å²) < 4.78 is 0. The zero-order valence-corrected chi connectivity index (χ0v) is 10.9. The third-order valence-electron chi connectivity index (χ3n) is 2.93. The number of aromatic nitrogens is 1. The van der Waals surface area contributed by atoms with Gasteiger partial charge in [-0.1, -0.05) is 29.8 Å². The summed E-state index contributed by atoms with van der Waals surface area (Å²) in [5.41, 5.74) is 2.77. The maximum absolute atomic E-state index is 11.7. The number of amides is 1. The van der Waals surface area contributed by atoms with E-state index in [0.29, 0.717) is 6.42 Å². The number of aliphatic hydroxyl groups excluding tert-OH is 1. The van der Waals surface area contributed by atoms with Crippen molar-refractivity contribution in [2.24, 2.45) is 0 Å². The van der Waals surface area contributed by atoms with Crippen LogP contribution in [-0.2, 0) is 11.2 Å². The number of H-pyrrole nitrogens is 1. The summed E-state index contributed by atoms with van der Waals surface area (Å²) in [6, 6.07) is 11.4. The Balaban J connectivity index is 1.83. The molecule has 0 aliphatic rings. The number of nitrogens with one attached hydrogen (secondary N) is 2. The Morgan fingerprint density at radius 3 is 2.89 bits per heavy atom. The Morgan fingerprint density at radius 1 is 1.37 bits per heavy atom. The third kappa shape index (κ3) is 3.96. The van der Waals surface area contributed by atoms with E-state index in [9.17, 15) is 9.90 Å². The molecule has 3 N–H and O–H groups in total. The second kappa shape index (κ2) is 6.20. The molecule has 1 aromatic carbocycles. The molecule has 0 fully saturated rings. The van der Waals surface area contributed by atoms with Gasteiger partial charge in [-0.15, -0.1) is 0 Å². The second-order valence-corrected chi connectivity index (χ2v) is 4.61. The SMILES string of the molecule is Cc1cccc(C(O)CNC(=O)Cc2ccc[nH]2)c1. The zero-order valence-electron chi connectivity index (χ0n) is 10.9. The van der Waals surface area contributed by atoms with Crippen LogP contribution in [0.4, 0.5) is 0 Å². The minimum atomic E-state index is -0.674. The summed E-state index contributed by atoms with van der Waals surface area (Å²) in [5.74, 6) is -0.103. The number of carbonyl (C=O) groups is 1. The van der Waals surface area contributed by atoms with Crippen molar-refractivity contribution >= 4 is 5.91 Å². The summed E-state index contributed by atoms with van der Waals surface area (Å²) in [4.78, 5) is 14.6. The molecule has 1 unspecified atom stereocenters. The molecule has 1 aromatic heterocycles. The smallest absolute Gasteiger partial charge is 0.226 e. The van der Waals surface area contributed by atoms with E-state index in [4.69, 9.17) is 0 Å². The predicted octanol–water partition coefficient (Wildman–Crippen LogP) is 1.72. The summed E-state index contributed by atoms with van der Waals surface area (Å²) in [6.45, 7) is 2.20. The van der Waals surface area contributed by atoms with Gasteiger partial charge in [-0.2, -0.15) is 0 Å². The molecule has 1 heterocycles. The van der Waals surface area contributed by atoms with E-state index in [2.05, 4.69) is 10.3 Å². The van der Waals surface area contributed by atoms with Crippen molar-refractivity contribution < 1.29 is 9.90 Å². The molecule has 1 amide bonds. The van der Waals surface area contributed by atoms with Gasteiger partial charge in [0, 0.05) is 18.4 Å². The van der Waals surface area contributed by atoms with Gasteiger partial charge in [0.25, 0.3) is 0 Å². The van der Waals surface area contributed by atoms with Crippen LogP contribution < -0.4 is 5.32 Å². The van der Waals surface area contributed by atoms with Crippen LogP contribution in [0.1, 0.15) is 22.9 Å². The van der Waals surface area contributed by atoms with Crippen LogP contribution in [0, 0.1) is 6.92 Å². The van der Waals surface area contributed by atoms with Gasteiger partial charge in [0.2, 0.25) is 5.91 Å². The van der Waals surface area contributed by atoms with Gasteiger partial charge >= 0.3 is 0 Å². The standard InChI is InChI=1S/C15H18N2O2/c1-11-4-2-5-12(8-11)14(18)10-17-15(19)9-13-6-3-7-16-13/h2-8,14,16,18H,9-10H2,1H3,(H,17,19). The Labute approximate surface area is 112 Å². The molecule has 1 atom stereocenters. The van der Waals surface area contributed by atoms with E-state index in [-0.39, 0.29) is 12.5 Å². The van der Waals surface area contributed by atoms with Crippen molar-refractivity contribution in [1.29, 1.82) is 0 Å². The highest BCUT2D eigenvalue weighted by molar-refractivity contribution is 5.78. The first-order valence-electron chi connectivity index (χ1n) is 6.29. The number of carbonyl (C=O) groups excluding carboxylic acids is 1. The molecule has 0 saturated heterocycles. The van der Waals surface area contributed by atoms with E-state index in [1.54, 1.807) is 6.20 Å². The van der Waals surface area contributed by atoms with Crippen LogP contribution in [0.5, 0.6) is 0 Å². The molecular weight excluding hydrogens is 240 g/mol. The van der Waals surface area contributed by atoms with Gasteiger partial charge in [0.05, 0.1) is 12.5 Å². The molecule has 0 saturated carbocycles. The van der Waals surface area contributed by atoms with Crippen LogP contribution >= 0.6 is 0 Å². The van der Waals surface area contributed by atoms with Crippen molar-refractivity contribution in [3.8, 4) is 0 Å². The molecule has 4 heteroatoms. The van der Waals surface area contributed by atoms with Crippen LogP contribution in [0.25, 0.3) is 0 Å². The summed E-state index contributed by atoms with van der Waals surface area (Å²) in [5, 5.41) is 12.7. The van der Waals surface area contributed by atoms with Crippen LogP contribution in [0.2, 0.25) is 0 Å². The molecule has 0 aliphatic carbocycles. The lowest BCUT2D eigenvalue weighted by Gasteiger charge is -2.12. The topological polar surface area (TPSA) is 65.1 Å². The highest BCUT2D eigenvalue weighted by atomic mass is 16.3. The summed E-state index contributed by atoms with van der Waals surface area (Å²) in [6.07, 6.45) is 1.41. The lowest BCUT2D eigenvalue weighted by molar-refractivity contribution is -0.120. The first-order valence-corrected chi connectivity index (χ1v) is 6.29. The Hall–Kier alpha value is -2.07. The van der Waals surface area contributed by atoms with Gasteiger partial charge in [0.1, 0.15) is 0 Å². The number of benzene rings is 1. The van der Waals surface area contributed by atoms with Crippen molar-refractivity contribution in [3.05, 3.63) is 59.4 Å². The van der Waals surface area contributed by atoms with Gasteiger partial charge in [0.15, 0.2) is 0 Å². The van der Waals surface area contributed by atoms with E-state index < -0.39 is 6.10 Å². The van der Waals surface area contributed by atoms with Crippen molar-refractivity contribution in [3.63, 3.8) is 0 Å². The Kier molecular flexibility index (Phi) is 4.36. The Morgan fingerprint density at radius 2 is 2.21 bits per heavy atom. The average Bonchev–Trinajstić information content (AvgIpc) is 2.88. The van der Waals surface area contributed by atoms with E-state index >= 15 is 0 Å². The average molecular weight is 258 g/mol. The monoisotopic (exact) mass is 258 g/mol. The minimum absolute atomic E-state index is 0.103. The molecule has 2 aromatic rings. The first kappa shape index (κ1) is 13.4. The third-order valence-corrected chi connectivity index (χ3v) is 2.93. The van der Waals surface area contributed by atoms with Crippen LogP contribution in [0.3, 0.4) is 0 Å². The van der Waals surface area contributed by atoms with E-state index in [1.807, 2.05) is 43.3 Å². The second-order valence-electron chi connectivity index (χ2n) is 4.61. The minimum Gasteiger partial charge on any atom is -0.387 e. The summed E-state index contributed by atoms with van der Waals surface area (Å²) >= 11 is 0. The highest BCUT2D eigenvalue weighted by Crippen LogP contribution is 2.13. The molecule has 100 valence electrons. The fourth-order valence-corrected chi connectivity index (χ4v) is 1.92. The van der Waals surface area contributed by atoms with Crippen molar-refractivity contribution in [2.75, 3.05) is 6.54 Å². The predicted molar refractivity (Wildman–Crippen MR) is 73.6 cm³/mol. The molecule has 19 heavy (non-hydrogen) atoms. The van der Waals surface area contributed by atoms with Crippen molar-refractivity contribution in [2.45, 2.75) is 19.4 Å². The zero-order chi connectivity index (χ0) is 13.7. The maximum Gasteiger partial charge on any atom is 0.226 e. The quantitative estimate of drug-likeness (QED) is 0.764. The fourth-order valence-electron chi connectivity index (χ4n) is 1.92. The molecular formula is C15H18N2O2. The van der Waals surface area contributed by atoms with Gasteiger partial charge in [-0.3, -0.25) is 4.79 Å². The molecule has 0 aliphatic heterocycles. The van der Waals surface area contributed by atoms with Gasteiger partial charge in [-0.25, -0.2) is 0 Å². The lowest BCUT2D eigenvalue weighted by atomic mass is 10.1. The van der Waals surface area contributed by atoms with Crippen LogP contribution in [0.15, 0.2) is 42.6 Å². The molecule has 0 bridgehead atoms. The number of hydrogen-bond donors (Lipinski definition) is 3. The first-order chi connectivity index (χ1) is 9.15. The van der Waals surface area contributed by atoms with Crippen LogP contribution in [-0.4, -0.2) is 22.5 Å². The normalized spacial score (nSPS) is 12.1. The fraction of sp³-hybridized carbons (Fsp3) is 0.267. The van der Waals surface area contributed by atoms with E-state index in [0.717, 1.165) is 16.8 Å². The number of aryl methyl sites for hydroxylation is 1. The molecule has 0 radical (unpaired) electrons. The number of hydrogen-bond acceptors (Lipinski definition) is 2. The lowest BCUT2D eigenvalue weighted by Crippen LogP contribution is -2.29. The highest BCUT2D eigenvalue weighted by Gasteiger charge is 2.10. The number of aromatic amines is 1.